The molecule has 1 aromatic heterocycles. The molecule has 0 saturated heterocycles. The van der Waals surface area contributed by atoms with E-state index in [9.17, 15) is 10.1 Å². The molecular weight excluding hydrogens is 295 g/mol. The van der Waals surface area contributed by atoms with Crippen molar-refractivity contribution >= 4 is 12.6 Å². The van der Waals surface area contributed by atoms with Crippen molar-refractivity contribution in [3.05, 3.63) is 41.6 Å². The van der Waals surface area contributed by atoms with Crippen molar-refractivity contribution in [2.45, 2.75) is 52.2 Å². The first-order valence-corrected chi connectivity index (χ1v) is 7.54. The van der Waals surface area contributed by atoms with Crippen LogP contribution >= 0.6 is 0 Å². The molecule has 0 radical (unpaired) electrons. The predicted octanol–water partition coefficient (Wildman–Crippen LogP) is 1.22. The number of aryl methyl sites for hydroxylation is 1. The zero-order valence-electron chi connectivity index (χ0n) is 14.2. The highest BCUT2D eigenvalue weighted by molar-refractivity contribution is 6.60. The van der Waals surface area contributed by atoms with Gasteiger partial charge in [-0.25, -0.2) is 0 Å². The van der Waals surface area contributed by atoms with Gasteiger partial charge in [-0.2, -0.15) is 0 Å². The zero-order valence-corrected chi connectivity index (χ0v) is 14.2. The lowest BCUT2D eigenvalue weighted by molar-refractivity contribution is -0.0982. The Labute approximate surface area is 136 Å². The summed E-state index contributed by atoms with van der Waals surface area (Å²) in [5.74, 6) is 1.04. The van der Waals surface area contributed by atoms with Crippen LogP contribution in [0.4, 0.5) is 0 Å². The SMILES string of the molecule is Cc1nnc(Cc2cccc(B(O)OC(C)(C)C(C)(C)O)c2)o1. The van der Waals surface area contributed by atoms with Crippen LogP contribution in [0, 0.1) is 6.92 Å². The Morgan fingerprint density at radius 1 is 1.22 bits per heavy atom. The quantitative estimate of drug-likeness (QED) is 0.779. The van der Waals surface area contributed by atoms with Gasteiger partial charge in [0.05, 0.1) is 17.6 Å². The average Bonchev–Trinajstić information content (AvgIpc) is 2.82. The molecule has 2 N–H and O–H groups in total. The van der Waals surface area contributed by atoms with Crippen molar-refractivity contribution in [1.29, 1.82) is 0 Å². The van der Waals surface area contributed by atoms with E-state index >= 15 is 0 Å². The first-order chi connectivity index (χ1) is 10.6. The van der Waals surface area contributed by atoms with Crippen LogP contribution in [0.1, 0.15) is 45.0 Å². The second kappa shape index (κ2) is 6.43. The van der Waals surface area contributed by atoms with Crippen LogP contribution in [0.2, 0.25) is 0 Å². The minimum absolute atomic E-state index is 0.482. The molecule has 0 fully saturated rings. The lowest BCUT2D eigenvalue weighted by Gasteiger charge is -2.38. The number of benzene rings is 1. The molecular formula is C16H23BN2O4. The Morgan fingerprint density at radius 2 is 1.91 bits per heavy atom. The van der Waals surface area contributed by atoms with E-state index in [1.807, 2.05) is 18.2 Å². The third-order valence-corrected chi connectivity index (χ3v) is 4.04. The summed E-state index contributed by atoms with van der Waals surface area (Å²) >= 11 is 0. The number of aliphatic hydroxyl groups is 1. The molecule has 0 bridgehead atoms. The maximum atomic E-state index is 10.3. The zero-order chi connectivity index (χ0) is 17.3. The molecule has 0 saturated carbocycles. The van der Waals surface area contributed by atoms with Gasteiger partial charge >= 0.3 is 7.12 Å². The fourth-order valence-corrected chi connectivity index (χ4v) is 1.93. The first kappa shape index (κ1) is 17.7. The highest BCUT2D eigenvalue weighted by Gasteiger charge is 2.39. The van der Waals surface area contributed by atoms with E-state index in [0.29, 0.717) is 23.7 Å². The van der Waals surface area contributed by atoms with Crippen molar-refractivity contribution in [3.63, 3.8) is 0 Å². The normalized spacial score (nSPS) is 12.5. The van der Waals surface area contributed by atoms with Gasteiger partial charge in [0.25, 0.3) is 0 Å². The molecule has 2 aromatic rings. The van der Waals surface area contributed by atoms with Crippen molar-refractivity contribution in [2.75, 3.05) is 0 Å². The number of aromatic nitrogens is 2. The third-order valence-electron chi connectivity index (χ3n) is 4.04. The fraction of sp³-hybridized carbons (Fsp3) is 0.500. The third kappa shape index (κ3) is 4.40. The van der Waals surface area contributed by atoms with Gasteiger partial charge in [0, 0.05) is 6.92 Å². The molecule has 0 aliphatic heterocycles. The summed E-state index contributed by atoms with van der Waals surface area (Å²) in [5.41, 5.74) is -0.468. The van der Waals surface area contributed by atoms with E-state index in [0.717, 1.165) is 5.56 Å². The van der Waals surface area contributed by atoms with Gasteiger partial charge in [-0.15, -0.1) is 10.2 Å². The molecule has 0 amide bonds. The van der Waals surface area contributed by atoms with Gasteiger partial charge in [0.15, 0.2) is 0 Å². The van der Waals surface area contributed by atoms with Gasteiger partial charge in [-0.05, 0) is 38.7 Å². The number of hydrogen-bond acceptors (Lipinski definition) is 6. The Balaban J connectivity index is 2.12. The highest BCUT2D eigenvalue weighted by Crippen LogP contribution is 2.25. The Bertz CT molecular complexity index is 664. The Morgan fingerprint density at radius 3 is 2.48 bits per heavy atom. The van der Waals surface area contributed by atoms with E-state index in [4.69, 9.17) is 9.07 Å². The van der Waals surface area contributed by atoms with Crippen LogP contribution in [0.25, 0.3) is 0 Å². The van der Waals surface area contributed by atoms with Gasteiger partial charge < -0.3 is 19.2 Å². The number of rotatable bonds is 6. The summed E-state index contributed by atoms with van der Waals surface area (Å²) in [7, 11) is -1.14. The van der Waals surface area contributed by atoms with E-state index in [1.165, 1.54) is 0 Å². The summed E-state index contributed by atoms with van der Waals surface area (Å²) in [4.78, 5) is 0. The van der Waals surface area contributed by atoms with Crippen LogP contribution in [0.5, 0.6) is 0 Å². The van der Waals surface area contributed by atoms with Crippen molar-refractivity contribution in [1.82, 2.24) is 10.2 Å². The average molecular weight is 318 g/mol. The van der Waals surface area contributed by atoms with Crippen LogP contribution in [0.3, 0.4) is 0 Å². The molecule has 124 valence electrons. The fourth-order valence-electron chi connectivity index (χ4n) is 1.93. The van der Waals surface area contributed by atoms with Crippen LogP contribution < -0.4 is 5.46 Å². The van der Waals surface area contributed by atoms with Crippen molar-refractivity contribution in [2.24, 2.45) is 0 Å². The minimum atomic E-state index is -1.14. The standard InChI is InChI=1S/C16H23BN2O4/c1-11-18-19-14(22-11)10-12-7-6-8-13(9-12)17(21)23-16(4,5)15(2,3)20/h6-9,20-21H,10H2,1-5H3. The van der Waals surface area contributed by atoms with Gasteiger partial charge in [-0.3, -0.25) is 0 Å². The summed E-state index contributed by atoms with van der Waals surface area (Å²) in [6, 6.07) is 7.34. The van der Waals surface area contributed by atoms with Crippen LogP contribution in [-0.2, 0) is 11.1 Å². The maximum Gasteiger partial charge on any atom is 0.491 e. The van der Waals surface area contributed by atoms with Crippen molar-refractivity contribution < 1.29 is 19.2 Å². The van der Waals surface area contributed by atoms with E-state index in [2.05, 4.69) is 10.2 Å². The monoisotopic (exact) mass is 318 g/mol. The van der Waals surface area contributed by atoms with Gasteiger partial charge in [0.2, 0.25) is 11.8 Å². The van der Waals surface area contributed by atoms with Gasteiger partial charge in [0.1, 0.15) is 0 Å². The smallest absolute Gasteiger partial charge is 0.425 e. The molecule has 0 atom stereocenters. The second-order valence-corrected chi connectivity index (χ2v) is 6.68. The molecule has 0 unspecified atom stereocenters. The highest BCUT2D eigenvalue weighted by atomic mass is 16.5. The molecule has 2 rings (SSSR count). The topological polar surface area (TPSA) is 88.6 Å². The summed E-state index contributed by atoms with van der Waals surface area (Å²) in [6.45, 7) is 8.51. The number of nitrogens with zero attached hydrogens (tertiary/aromatic N) is 2. The maximum absolute atomic E-state index is 10.3. The largest absolute Gasteiger partial charge is 0.491 e. The van der Waals surface area contributed by atoms with Crippen LogP contribution in [-0.4, -0.2) is 38.6 Å². The summed E-state index contributed by atoms with van der Waals surface area (Å²) in [5, 5.41) is 28.2. The van der Waals surface area contributed by atoms with Crippen LogP contribution in [0.15, 0.2) is 28.7 Å². The van der Waals surface area contributed by atoms with E-state index in [1.54, 1.807) is 40.7 Å². The number of hydrogen-bond donors (Lipinski definition) is 2. The summed E-state index contributed by atoms with van der Waals surface area (Å²) < 4.78 is 11.0. The molecule has 0 aliphatic rings. The molecule has 6 nitrogen and oxygen atoms in total. The van der Waals surface area contributed by atoms with Crippen molar-refractivity contribution in [3.8, 4) is 0 Å². The minimum Gasteiger partial charge on any atom is -0.425 e. The van der Waals surface area contributed by atoms with E-state index < -0.39 is 18.3 Å². The molecule has 23 heavy (non-hydrogen) atoms. The molecule has 1 aromatic carbocycles. The van der Waals surface area contributed by atoms with Gasteiger partial charge in [-0.1, -0.05) is 24.3 Å². The Kier molecular flexibility index (Phi) is 4.94. The summed E-state index contributed by atoms with van der Waals surface area (Å²) in [6.07, 6.45) is 0.482. The first-order valence-electron chi connectivity index (χ1n) is 7.54. The molecule has 1 heterocycles. The Hall–Kier alpha value is -1.70. The second-order valence-electron chi connectivity index (χ2n) is 6.68. The molecule has 0 spiro atoms. The lowest BCUT2D eigenvalue weighted by Crippen LogP contribution is -2.53. The predicted molar refractivity (Wildman–Crippen MR) is 87.4 cm³/mol. The molecule has 0 aliphatic carbocycles. The van der Waals surface area contributed by atoms with E-state index in [-0.39, 0.29) is 0 Å². The molecule has 7 heteroatoms. The lowest BCUT2D eigenvalue weighted by atomic mass is 9.76.